The highest BCUT2D eigenvalue weighted by molar-refractivity contribution is 6.05. The van der Waals surface area contributed by atoms with Crippen molar-refractivity contribution < 1.29 is 33.3 Å². The Balaban J connectivity index is 1.64. The largest absolute Gasteiger partial charge is 0.493 e. The Labute approximate surface area is 208 Å². The number of hydrogen-bond acceptors (Lipinski definition) is 8. The number of benzene rings is 3. The van der Waals surface area contributed by atoms with Gasteiger partial charge < -0.3 is 29.0 Å². The molecule has 0 unspecified atom stereocenters. The lowest BCUT2D eigenvalue weighted by molar-refractivity contribution is 0.0954. The zero-order chi connectivity index (χ0) is 26.1. The van der Waals surface area contributed by atoms with E-state index in [0.29, 0.717) is 45.6 Å². The first-order valence-corrected chi connectivity index (χ1v) is 10.7. The van der Waals surface area contributed by atoms with E-state index in [1.54, 1.807) is 61.7 Å². The van der Waals surface area contributed by atoms with Gasteiger partial charge in [-0.3, -0.25) is 9.59 Å². The molecule has 3 aromatic carbocycles. The predicted molar refractivity (Wildman–Crippen MR) is 135 cm³/mol. The van der Waals surface area contributed by atoms with Crippen LogP contribution in [-0.2, 0) is 0 Å². The number of anilines is 1. The molecule has 0 spiro atoms. The zero-order valence-electron chi connectivity index (χ0n) is 20.6. The Kier molecular flexibility index (Phi) is 8.71. The fourth-order valence-corrected chi connectivity index (χ4v) is 3.28. The Bertz CT molecular complexity index is 1230. The number of nitrogens with zero attached hydrogens (tertiary/aromatic N) is 1. The Morgan fingerprint density at radius 1 is 0.667 bits per heavy atom. The molecule has 2 N–H and O–H groups in total. The average Bonchev–Trinajstić information content (AvgIpc) is 2.92. The van der Waals surface area contributed by atoms with Gasteiger partial charge >= 0.3 is 0 Å². The fraction of sp³-hybridized carbons (Fsp3) is 0.192. The molecule has 0 fully saturated rings. The highest BCUT2D eigenvalue weighted by Gasteiger charge is 2.17. The van der Waals surface area contributed by atoms with E-state index in [9.17, 15) is 9.59 Å². The molecule has 0 saturated heterocycles. The molecule has 3 aromatic rings. The lowest BCUT2D eigenvalue weighted by Gasteiger charge is -2.14. The van der Waals surface area contributed by atoms with Gasteiger partial charge in [-0.25, -0.2) is 5.43 Å². The quantitative estimate of drug-likeness (QED) is 0.326. The number of nitrogens with one attached hydrogen (secondary N) is 2. The highest BCUT2D eigenvalue weighted by atomic mass is 16.5. The summed E-state index contributed by atoms with van der Waals surface area (Å²) in [6.45, 7) is 0. The minimum Gasteiger partial charge on any atom is -0.493 e. The molecule has 188 valence electrons. The SMILES string of the molecule is COc1ccc(/C=N/NC(=O)c2ccc(NC(=O)c3cc(OC)c(OC)c(OC)c3)cc2)cc1OC. The molecule has 0 aromatic heterocycles. The molecule has 0 bridgehead atoms. The van der Waals surface area contributed by atoms with Gasteiger partial charge in [0, 0.05) is 16.8 Å². The van der Waals surface area contributed by atoms with Crippen molar-refractivity contribution in [3.63, 3.8) is 0 Å². The predicted octanol–water partition coefficient (Wildman–Crippen LogP) is 3.75. The summed E-state index contributed by atoms with van der Waals surface area (Å²) in [5.41, 5.74) is 4.37. The van der Waals surface area contributed by atoms with Crippen LogP contribution in [0.4, 0.5) is 5.69 Å². The second kappa shape index (κ2) is 12.1. The summed E-state index contributed by atoms with van der Waals surface area (Å²) in [5, 5.41) is 6.76. The summed E-state index contributed by atoms with van der Waals surface area (Å²) < 4.78 is 26.3. The summed E-state index contributed by atoms with van der Waals surface area (Å²) in [7, 11) is 7.52. The molecule has 3 rings (SSSR count). The molecule has 10 heteroatoms. The van der Waals surface area contributed by atoms with Gasteiger partial charge in [-0.1, -0.05) is 0 Å². The summed E-state index contributed by atoms with van der Waals surface area (Å²) in [6.07, 6.45) is 1.49. The van der Waals surface area contributed by atoms with Gasteiger partial charge in [0.2, 0.25) is 5.75 Å². The molecule has 0 aliphatic rings. The molecular weight excluding hydrogens is 466 g/mol. The lowest BCUT2D eigenvalue weighted by Crippen LogP contribution is -2.18. The van der Waals surface area contributed by atoms with Crippen molar-refractivity contribution in [3.05, 3.63) is 71.3 Å². The maximum absolute atomic E-state index is 12.8. The number of rotatable bonds is 10. The molecule has 0 heterocycles. The molecule has 0 aliphatic heterocycles. The van der Waals surface area contributed by atoms with Gasteiger partial charge in [-0.15, -0.1) is 0 Å². The van der Waals surface area contributed by atoms with E-state index in [1.165, 1.54) is 34.7 Å². The highest BCUT2D eigenvalue weighted by Crippen LogP contribution is 2.38. The Morgan fingerprint density at radius 2 is 1.28 bits per heavy atom. The molecule has 36 heavy (non-hydrogen) atoms. The standard InChI is InChI=1S/C26H27N3O7/c1-32-20-11-6-16(12-21(20)33-2)15-27-29-26(31)17-7-9-19(10-8-17)28-25(30)18-13-22(34-3)24(36-5)23(14-18)35-4/h6-15H,1-5H3,(H,28,30)(H,29,31)/b27-15+. The van der Waals surface area contributed by atoms with Crippen molar-refractivity contribution in [3.8, 4) is 28.7 Å². The van der Waals surface area contributed by atoms with Gasteiger partial charge in [-0.2, -0.15) is 5.10 Å². The van der Waals surface area contributed by atoms with E-state index in [-0.39, 0.29) is 5.91 Å². The third-order valence-electron chi connectivity index (χ3n) is 5.12. The van der Waals surface area contributed by atoms with E-state index in [4.69, 9.17) is 23.7 Å². The van der Waals surface area contributed by atoms with E-state index in [1.807, 2.05) is 0 Å². The first-order valence-electron chi connectivity index (χ1n) is 10.7. The number of carbonyl (C=O) groups excluding carboxylic acids is 2. The normalized spacial score (nSPS) is 10.5. The average molecular weight is 494 g/mol. The third-order valence-corrected chi connectivity index (χ3v) is 5.12. The van der Waals surface area contributed by atoms with Gasteiger partial charge in [-0.05, 0) is 60.2 Å². The van der Waals surface area contributed by atoms with E-state index in [0.717, 1.165) is 5.56 Å². The van der Waals surface area contributed by atoms with E-state index >= 15 is 0 Å². The van der Waals surface area contributed by atoms with Crippen LogP contribution in [0.25, 0.3) is 0 Å². The van der Waals surface area contributed by atoms with Crippen molar-refractivity contribution in [1.82, 2.24) is 5.43 Å². The van der Waals surface area contributed by atoms with Gasteiger partial charge in [0.05, 0.1) is 41.8 Å². The van der Waals surface area contributed by atoms with Crippen LogP contribution in [0.2, 0.25) is 0 Å². The van der Waals surface area contributed by atoms with Crippen molar-refractivity contribution in [2.75, 3.05) is 40.9 Å². The zero-order valence-corrected chi connectivity index (χ0v) is 20.6. The number of ether oxygens (including phenoxy) is 5. The first kappa shape index (κ1) is 25.9. The fourth-order valence-electron chi connectivity index (χ4n) is 3.28. The molecule has 0 radical (unpaired) electrons. The second-order valence-electron chi connectivity index (χ2n) is 7.26. The molecular formula is C26H27N3O7. The van der Waals surface area contributed by atoms with Crippen LogP contribution in [0.5, 0.6) is 28.7 Å². The van der Waals surface area contributed by atoms with Crippen molar-refractivity contribution in [2.24, 2.45) is 5.10 Å². The van der Waals surface area contributed by atoms with Crippen molar-refractivity contribution >= 4 is 23.7 Å². The number of amides is 2. The summed E-state index contributed by atoms with van der Waals surface area (Å²) in [4.78, 5) is 25.2. The monoisotopic (exact) mass is 493 g/mol. The minimum atomic E-state index is -0.408. The smallest absolute Gasteiger partial charge is 0.271 e. The summed E-state index contributed by atoms with van der Waals surface area (Å²) in [6, 6.07) is 14.7. The second-order valence-corrected chi connectivity index (χ2v) is 7.26. The maximum Gasteiger partial charge on any atom is 0.271 e. The van der Waals surface area contributed by atoms with Gasteiger partial charge in [0.25, 0.3) is 11.8 Å². The first-order chi connectivity index (χ1) is 17.4. The topological polar surface area (TPSA) is 117 Å². The minimum absolute atomic E-state index is 0.316. The molecule has 0 atom stereocenters. The van der Waals surface area contributed by atoms with Crippen LogP contribution in [-0.4, -0.2) is 53.6 Å². The van der Waals surface area contributed by atoms with E-state index in [2.05, 4.69) is 15.8 Å². The molecule has 0 aliphatic carbocycles. The van der Waals surface area contributed by atoms with Crippen LogP contribution in [0.15, 0.2) is 59.7 Å². The number of carbonyl (C=O) groups is 2. The third kappa shape index (κ3) is 6.03. The number of hydrazone groups is 1. The van der Waals surface area contributed by atoms with Crippen LogP contribution < -0.4 is 34.4 Å². The van der Waals surface area contributed by atoms with E-state index < -0.39 is 5.91 Å². The maximum atomic E-state index is 12.8. The van der Waals surface area contributed by atoms with Crippen molar-refractivity contribution in [1.29, 1.82) is 0 Å². The molecule has 2 amide bonds. The van der Waals surface area contributed by atoms with Crippen LogP contribution in [0.3, 0.4) is 0 Å². The number of methoxy groups -OCH3 is 5. The molecule has 10 nitrogen and oxygen atoms in total. The van der Waals surface area contributed by atoms with Crippen LogP contribution in [0.1, 0.15) is 26.3 Å². The van der Waals surface area contributed by atoms with Gasteiger partial charge in [0.15, 0.2) is 23.0 Å². The Morgan fingerprint density at radius 3 is 1.83 bits per heavy atom. The van der Waals surface area contributed by atoms with Crippen LogP contribution >= 0.6 is 0 Å². The van der Waals surface area contributed by atoms with Gasteiger partial charge in [0.1, 0.15) is 0 Å². The number of hydrogen-bond donors (Lipinski definition) is 2. The Hall–Kier alpha value is -4.73. The lowest BCUT2D eigenvalue weighted by atomic mass is 10.1. The van der Waals surface area contributed by atoms with Crippen molar-refractivity contribution in [2.45, 2.75) is 0 Å². The summed E-state index contributed by atoms with van der Waals surface area (Å²) in [5.74, 6) is 1.47. The van der Waals surface area contributed by atoms with Crippen LogP contribution in [0, 0.1) is 0 Å². The molecule has 0 saturated carbocycles. The summed E-state index contributed by atoms with van der Waals surface area (Å²) >= 11 is 0.